The van der Waals surface area contributed by atoms with Gasteiger partial charge in [-0.25, -0.2) is 0 Å². The maximum atomic E-state index is 12.1. The zero-order chi connectivity index (χ0) is 17.1. The molecule has 128 valence electrons. The Morgan fingerprint density at radius 1 is 1.09 bits per heavy atom. The van der Waals surface area contributed by atoms with E-state index < -0.39 is 5.92 Å². The SMILES string of the molecule is CCOC(=O)CCNCC(C(=O)OCC)c1ccc(OC)cc1. The van der Waals surface area contributed by atoms with E-state index in [-0.39, 0.29) is 18.4 Å². The van der Waals surface area contributed by atoms with Crippen molar-refractivity contribution in [3.05, 3.63) is 29.8 Å². The minimum absolute atomic E-state index is 0.253. The second-order valence-electron chi connectivity index (χ2n) is 4.84. The van der Waals surface area contributed by atoms with Crippen LogP contribution in [0.25, 0.3) is 0 Å². The van der Waals surface area contributed by atoms with Crippen molar-refractivity contribution in [2.75, 3.05) is 33.4 Å². The molecule has 0 bridgehead atoms. The lowest BCUT2D eigenvalue weighted by molar-refractivity contribution is -0.144. The van der Waals surface area contributed by atoms with E-state index in [1.807, 2.05) is 12.1 Å². The molecule has 6 heteroatoms. The lowest BCUT2D eigenvalue weighted by Gasteiger charge is -2.17. The highest BCUT2D eigenvalue weighted by Crippen LogP contribution is 2.20. The van der Waals surface area contributed by atoms with Crippen LogP contribution in [-0.2, 0) is 19.1 Å². The molecule has 1 rings (SSSR count). The van der Waals surface area contributed by atoms with Crippen LogP contribution in [0.15, 0.2) is 24.3 Å². The van der Waals surface area contributed by atoms with Crippen molar-refractivity contribution in [3.8, 4) is 5.75 Å². The second kappa shape index (κ2) is 10.6. The number of methoxy groups -OCH3 is 1. The Labute approximate surface area is 137 Å². The van der Waals surface area contributed by atoms with Gasteiger partial charge in [0.05, 0.1) is 32.7 Å². The third-order valence-electron chi connectivity index (χ3n) is 3.25. The van der Waals surface area contributed by atoms with Crippen LogP contribution in [0.5, 0.6) is 5.75 Å². The molecular formula is C17H25NO5. The minimum atomic E-state index is -0.428. The number of esters is 2. The van der Waals surface area contributed by atoms with Crippen molar-refractivity contribution in [2.24, 2.45) is 0 Å². The molecule has 6 nitrogen and oxygen atoms in total. The number of benzene rings is 1. The fourth-order valence-corrected chi connectivity index (χ4v) is 2.09. The Bertz CT molecular complexity index is 486. The molecule has 0 spiro atoms. The van der Waals surface area contributed by atoms with Gasteiger partial charge in [0.2, 0.25) is 0 Å². The summed E-state index contributed by atoms with van der Waals surface area (Å²) in [5.74, 6) is -0.242. The highest BCUT2D eigenvalue weighted by atomic mass is 16.5. The summed E-state index contributed by atoms with van der Waals surface area (Å²) in [6.07, 6.45) is 0.270. The number of carbonyl (C=O) groups is 2. The van der Waals surface area contributed by atoms with Crippen LogP contribution in [0.3, 0.4) is 0 Å². The lowest BCUT2D eigenvalue weighted by atomic mass is 9.99. The molecule has 0 fully saturated rings. The fraction of sp³-hybridized carbons (Fsp3) is 0.529. The van der Waals surface area contributed by atoms with Gasteiger partial charge in [0.15, 0.2) is 0 Å². The van der Waals surface area contributed by atoms with E-state index in [9.17, 15) is 9.59 Å². The van der Waals surface area contributed by atoms with Gasteiger partial charge in [-0.15, -0.1) is 0 Å². The van der Waals surface area contributed by atoms with Crippen LogP contribution in [0, 0.1) is 0 Å². The second-order valence-corrected chi connectivity index (χ2v) is 4.84. The first-order chi connectivity index (χ1) is 11.1. The van der Waals surface area contributed by atoms with Gasteiger partial charge in [-0.1, -0.05) is 12.1 Å². The van der Waals surface area contributed by atoms with E-state index in [0.717, 1.165) is 11.3 Å². The molecule has 0 amide bonds. The monoisotopic (exact) mass is 323 g/mol. The van der Waals surface area contributed by atoms with E-state index in [1.165, 1.54) is 0 Å². The average Bonchev–Trinajstić information content (AvgIpc) is 2.55. The van der Waals surface area contributed by atoms with E-state index in [2.05, 4.69) is 5.32 Å². The Kier molecular flexibility index (Phi) is 8.75. The number of rotatable bonds is 10. The quantitative estimate of drug-likeness (QED) is 0.523. The van der Waals surface area contributed by atoms with Gasteiger partial charge in [0.25, 0.3) is 0 Å². The number of ether oxygens (including phenoxy) is 3. The maximum Gasteiger partial charge on any atom is 0.314 e. The van der Waals surface area contributed by atoms with Gasteiger partial charge in [-0.05, 0) is 31.5 Å². The van der Waals surface area contributed by atoms with Crippen LogP contribution >= 0.6 is 0 Å². The van der Waals surface area contributed by atoms with E-state index in [0.29, 0.717) is 26.3 Å². The van der Waals surface area contributed by atoms with Gasteiger partial charge in [0.1, 0.15) is 5.75 Å². The first kappa shape index (κ1) is 19.0. The first-order valence-corrected chi connectivity index (χ1v) is 7.79. The van der Waals surface area contributed by atoms with Crippen molar-refractivity contribution in [2.45, 2.75) is 26.2 Å². The Morgan fingerprint density at radius 3 is 2.30 bits per heavy atom. The summed E-state index contributed by atoms with van der Waals surface area (Å²) in [4.78, 5) is 23.4. The van der Waals surface area contributed by atoms with Crippen LogP contribution in [0.1, 0.15) is 31.7 Å². The van der Waals surface area contributed by atoms with Crippen molar-refractivity contribution in [3.63, 3.8) is 0 Å². The summed E-state index contributed by atoms with van der Waals surface area (Å²) >= 11 is 0. The largest absolute Gasteiger partial charge is 0.497 e. The molecule has 0 aliphatic rings. The predicted octanol–water partition coefficient (Wildman–Crippen LogP) is 1.88. The van der Waals surface area contributed by atoms with Gasteiger partial charge >= 0.3 is 11.9 Å². The zero-order valence-electron chi connectivity index (χ0n) is 14.0. The highest BCUT2D eigenvalue weighted by Gasteiger charge is 2.21. The molecule has 1 aromatic carbocycles. The number of carbonyl (C=O) groups excluding carboxylic acids is 2. The molecule has 0 aromatic heterocycles. The zero-order valence-corrected chi connectivity index (χ0v) is 14.0. The van der Waals surface area contributed by atoms with Crippen molar-refractivity contribution in [1.29, 1.82) is 0 Å². The Morgan fingerprint density at radius 2 is 1.74 bits per heavy atom. The summed E-state index contributed by atoms with van der Waals surface area (Å²) in [5, 5.41) is 3.11. The standard InChI is InChI=1S/C17H25NO5/c1-4-22-16(19)10-11-18-12-15(17(20)23-5-2)13-6-8-14(21-3)9-7-13/h6-9,15,18H,4-5,10-12H2,1-3H3. The van der Waals surface area contributed by atoms with E-state index in [1.54, 1.807) is 33.1 Å². The van der Waals surface area contributed by atoms with Gasteiger partial charge in [-0.2, -0.15) is 0 Å². The molecule has 23 heavy (non-hydrogen) atoms. The summed E-state index contributed by atoms with van der Waals surface area (Å²) in [5.41, 5.74) is 0.841. The lowest BCUT2D eigenvalue weighted by Crippen LogP contribution is -2.30. The van der Waals surface area contributed by atoms with Crippen LogP contribution < -0.4 is 10.1 Å². The normalized spacial score (nSPS) is 11.6. The highest BCUT2D eigenvalue weighted by molar-refractivity contribution is 5.78. The first-order valence-electron chi connectivity index (χ1n) is 7.79. The number of hydrogen-bond donors (Lipinski definition) is 1. The molecule has 0 saturated heterocycles. The fourth-order valence-electron chi connectivity index (χ4n) is 2.09. The summed E-state index contributed by atoms with van der Waals surface area (Å²) in [6.45, 7) is 5.09. The van der Waals surface area contributed by atoms with Crippen LogP contribution in [0.2, 0.25) is 0 Å². The molecule has 0 aliphatic heterocycles. The minimum Gasteiger partial charge on any atom is -0.497 e. The van der Waals surface area contributed by atoms with E-state index in [4.69, 9.17) is 14.2 Å². The van der Waals surface area contributed by atoms with Gasteiger partial charge < -0.3 is 19.5 Å². The van der Waals surface area contributed by atoms with Crippen LogP contribution in [-0.4, -0.2) is 45.4 Å². The summed E-state index contributed by atoms with van der Waals surface area (Å²) in [7, 11) is 1.59. The molecule has 0 radical (unpaired) electrons. The Balaban J connectivity index is 2.61. The molecule has 0 saturated carbocycles. The molecular weight excluding hydrogens is 298 g/mol. The summed E-state index contributed by atoms with van der Waals surface area (Å²) < 4.78 is 15.1. The molecule has 0 aliphatic carbocycles. The molecule has 1 aromatic rings. The average molecular weight is 323 g/mol. The topological polar surface area (TPSA) is 73.9 Å². The predicted molar refractivity (Wildman–Crippen MR) is 86.5 cm³/mol. The summed E-state index contributed by atoms with van der Waals surface area (Å²) in [6, 6.07) is 7.29. The van der Waals surface area contributed by atoms with Gasteiger partial charge in [0, 0.05) is 13.1 Å². The Hall–Kier alpha value is -2.08. The number of nitrogens with one attached hydrogen (secondary N) is 1. The molecule has 1 atom stereocenters. The smallest absolute Gasteiger partial charge is 0.314 e. The third-order valence-corrected chi connectivity index (χ3v) is 3.25. The molecule has 0 heterocycles. The number of hydrogen-bond acceptors (Lipinski definition) is 6. The van der Waals surface area contributed by atoms with Gasteiger partial charge in [-0.3, -0.25) is 9.59 Å². The van der Waals surface area contributed by atoms with Crippen LogP contribution in [0.4, 0.5) is 0 Å². The molecule has 1 unspecified atom stereocenters. The van der Waals surface area contributed by atoms with E-state index >= 15 is 0 Å². The maximum absolute atomic E-state index is 12.1. The van der Waals surface area contributed by atoms with Crippen molar-refractivity contribution < 1.29 is 23.8 Å². The molecule has 1 N–H and O–H groups in total. The third kappa shape index (κ3) is 6.69. The van der Waals surface area contributed by atoms with Crippen molar-refractivity contribution in [1.82, 2.24) is 5.32 Å². The van der Waals surface area contributed by atoms with Crippen molar-refractivity contribution >= 4 is 11.9 Å².